The number of alkyl halides is 3. The maximum atomic E-state index is 14.1. The van der Waals surface area contributed by atoms with Gasteiger partial charge in [-0.15, -0.1) is 0 Å². The lowest BCUT2D eigenvalue weighted by atomic mass is 10.1. The first-order chi connectivity index (χ1) is 12.3. The predicted octanol–water partition coefficient (Wildman–Crippen LogP) is 2.12. The molecule has 0 radical (unpaired) electrons. The molecule has 5 nitrogen and oxygen atoms in total. The number of carbonyl (C=O) groups is 1. The van der Waals surface area contributed by atoms with E-state index in [1.165, 1.54) is 0 Å². The number of carbonyl (C=O) groups excluding carboxylic acids is 1. The highest BCUT2D eigenvalue weighted by molar-refractivity contribution is 5.84. The zero-order valence-electron chi connectivity index (χ0n) is 14.2. The molecule has 1 aromatic rings. The minimum atomic E-state index is -4.61. The fourth-order valence-electron chi connectivity index (χ4n) is 3.84. The van der Waals surface area contributed by atoms with Crippen molar-refractivity contribution in [3.63, 3.8) is 0 Å². The SMILES string of the molecule is O=C1C(N2CCN(c3ncc(C(F)(F)F)cc3F)CC2)CCN1C1CC1. The van der Waals surface area contributed by atoms with Crippen LogP contribution in [0.1, 0.15) is 24.8 Å². The highest BCUT2D eigenvalue weighted by Gasteiger charge is 2.43. The van der Waals surface area contributed by atoms with Crippen LogP contribution < -0.4 is 4.90 Å². The van der Waals surface area contributed by atoms with Gasteiger partial charge in [0, 0.05) is 45.0 Å². The fraction of sp³-hybridized carbons (Fsp3) is 0.647. The monoisotopic (exact) mass is 372 g/mol. The minimum absolute atomic E-state index is 0.0602. The van der Waals surface area contributed by atoms with Crippen molar-refractivity contribution in [3.8, 4) is 0 Å². The van der Waals surface area contributed by atoms with Crippen LogP contribution in [0.2, 0.25) is 0 Å². The van der Waals surface area contributed by atoms with Gasteiger partial charge in [-0.2, -0.15) is 13.2 Å². The van der Waals surface area contributed by atoms with Crippen LogP contribution in [-0.4, -0.2) is 65.5 Å². The van der Waals surface area contributed by atoms with E-state index >= 15 is 0 Å². The molecule has 1 atom stereocenters. The maximum Gasteiger partial charge on any atom is 0.417 e. The van der Waals surface area contributed by atoms with Crippen LogP contribution in [0.15, 0.2) is 12.3 Å². The largest absolute Gasteiger partial charge is 0.417 e. The number of pyridine rings is 1. The van der Waals surface area contributed by atoms with Crippen molar-refractivity contribution in [1.82, 2.24) is 14.8 Å². The number of piperazine rings is 1. The molecule has 142 valence electrons. The number of amides is 1. The third-order valence-corrected chi connectivity index (χ3v) is 5.40. The molecule has 9 heteroatoms. The summed E-state index contributed by atoms with van der Waals surface area (Å²) in [7, 11) is 0. The van der Waals surface area contributed by atoms with E-state index in [0.29, 0.717) is 44.5 Å². The second-order valence-corrected chi connectivity index (χ2v) is 7.12. The molecular weight excluding hydrogens is 352 g/mol. The van der Waals surface area contributed by atoms with Crippen LogP contribution in [0, 0.1) is 5.82 Å². The average Bonchev–Trinajstić information content (AvgIpc) is 3.37. The molecule has 2 aliphatic heterocycles. The summed E-state index contributed by atoms with van der Waals surface area (Å²) in [5, 5.41) is 0. The molecule has 0 aromatic carbocycles. The molecule has 4 rings (SSSR count). The summed E-state index contributed by atoms with van der Waals surface area (Å²) in [6.07, 6.45) is -0.960. The van der Waals surface area contributed by atoms with Gasteiger partial charge in [-0.3, -0.25) is 9.69 Å². The summed E-state index contributed by atoms with van der Waals surface area (Å²) in [6, 6.07) is 0.783. The Balaban J connectivity index is 1.39. The van der Waals surface area contributed by atoms with Gasteiger partial charge in [0.2, 0.25) is 5.91 Å². The summed E-state index contributed by atoms with van der Waals surface area (Å²) in [6.45, 7) is 2.79. The molecule has 1 amide bonds. The van der Waals surface area contributed by atoms with E-state index in [0.717, 1.165) is 25.8 Å². The van der Waals surface area contributed by atoms with Crippen molar-refractivity contribution < 1.29 is 22.4 Å². The Morgan fingerprint density at radius 3 is 2.31 bits per heavy atom. The topological polar surface area (TPSA) is 39.7 Å². The van der Waals surface area contributed by atoms with Gasteiger partial charge in [-0.25, -0.2) is 9.37 Å². The Hall–Kier alpha value is -1.90. The molecule has 0 spiro atoms. The number of halogens is 4. The van der Waals surface area contributed by atoms with Crippen molar-refractivity contribution in [2.24, 2.45) is 0 Å². The fourth-order valence-corrected chi connectivity index (χ4v) is 3.84. The molecule has 1 aromatic heterocycles. The van der Waals surface area contributed by atoms with E-state index in [4.69, 9.17) is 0 Å². The van der Waals surface area contributed by atoms with Gasteiger partial charge in [-0.1, -0.05) is 0 Å². The zero-order valence-corrected chi connectivity index (χ0v) is 14.2. The number of hydrogen-bond donors (Lipinski definition) is 0. The normalized spacial score (nSPS) is 25.2. The van der Waals surface area contributed by atoms with Crippen LogP contribution in [0.4, 0.5) is 23.4 Å². The van der Waals surface area contributed by atoms with Crippen molar-refractivity contribution in [1.29, 1.82) is 0 Å². The molecule has 3 heterocycles. The third kappa shape index (κ3) is 3.24. The molecule has 1 saturated carbocycles. The van der Waals surface area contributed by atoms with E-state index < -0.39 is 17.6 Å². The molecule has 1 unspecified atom stereocenters. The summed E-state index contributed by atoms with van der Waals surface area (Å²) < 4.78 is 52.0. The second-order valence-electron chi connectivity index (χ2n) is 7.12. The first-order valence-corrected chi connectivity index (χ1v) is 8.87. The van der Waals surface area contributed by atoms with Crippen LogP contribution >= 0.6 is 0 Å². The van der Waals surface area contributed by atoms with Crippen molar-refractivity contribution in [3.05, 3.63) is 23.6 Å². The smallest absolute Gasteiger partial charge is 0.352 e. The Labute approximate surface area is 148 Å². The zero-order chi connectivity index (χ0) is 18.5. The van der Waals surface area contributed by atoms with Gasteiger partial charge in [-0.05, 0) is 25.3 Å². The van der Waals surface area contributed by atoms with Gasteiger partial charge in [0.1, 0.15) is 0 Å². The van der Waals surface area contributed by atoms with Gasteiger partial charge < -0.3 is 9.80 Å². The Morgan fingerprint density at radius 2 is 1.73 bits per heavy atom. The van der Waals surface area contributed by atoms with E-state index in [1.807, 2.05) is 4.90 Å². The highest BCUT2D eigenvalue weighted by atomic mass is 19.4. The van der Waals surface area contributed by atoms with Gasteiger partial charge in [0.25, 0.3) is 0 Å². The number of anilines is 1. The third-order valence-electron chi connectivity index (χ3n) is 5.40. The van der Waals surface area contributed by atoms with Crippen molar-refractivity contribution in [2.45, 2.75) is 37.5 Å². The number of likely N-dealkylation sites (tertiary alicyclic amines) is 1. The van der Waals surface area contributed by atoms with Crippen molar-refractivity contribution in [2.75, 3.05) is 37.6 Å². The molecule has 26 heavy (non-hydrogen) atoms. The first-order valence-electron chi connectivity index (χ1n) is 8.87. The van der Waals surface area contributed by atoms with Gasteiger partial charge >= 0.3 is 6.18 Å². The number of nitrogens with zero attached hydrogens (tertiary/aromatic N) is 4. The van der Waals surface area contributed by atoms with Crippen LogP contribution in [-0.2, 0) is 11.0 Å². The van der Waals surface area contributed by atoms with Gasteiger partial charge in [0.05, 0.1) is 11.6 Å². The number of hydrogen-bond acceptors (Lipinski definition) is 4. The molecule has 3 fully saturated rings. The Morgan fingerprint density at radius 1 is 1.04 bits per heavy atom. The summed E-state index contributed by atoms with van der Waals surface area (Å²) in [5.41, 5.74) is -1.09. The molecule has 2 saturated heterocycles. The minimum Gasteiger partial charge on any atom is -0.352 e. The Bertz CT molecular complexity index is 698. The molecular formula is C17H20F4N4O. The van der Waals surface area contributed by atoms with Crippen LogP contribution in [0.5, 0.6) is 0 Å². The molecule has 0 bridgehead atoms. The average molecular weight is 372 g/mol. The summed E-state index contributed by atoms with van der Waals surface area (Å²) >= 11 is 0. The molecule has 1 aliphatic carbocycles. The van der Waals surface area contributed by atoms with E-state index in [2.05, 4.69) is 9.88 Å². The Kier molecular flexibility index (Phi) is 4.29. The molecule has 0 N–H and O–H groups in total. The lowest BCUT2D eigenvalue weighted by Gasteiger charge is -2.38. The van der Waals surface area contributed by atoms with Gasteiger partial charge in [0.15, 0.2) is 11.6 Å². The predicted molar refractivity (Wildman–Crippen MR) is 86.1 cm³/mol. The molecule has 3 aliphatic rings. The van der Waals surface area contributed by atoms with Crippen LogP contribution in [0.25, 0.3) is 0 Å². The van der Waals surface area contributed by atoms with E-state index in [1.54, 1.807) is 4.90 Å². The quantitative estimate of drug-likeness (QED) is 0.762. The summed E-state index contributed by atoms with van der Waals surface area (Å²) in [4.78, 5) is 21.9. The van der Waals surface area contributed by atoms with Crippen LogP contribution in [0.3, 0.4) is 0 Å². The lowest BCUT2D eigenvalue weighted by molar-refractivity contribution is -0.138. The highest BCUT2D eigenvalue weighted by Crippen LogP contribution is 2.33. The second kappa shape index (κ2) is 6.37. The first kappa shape index (κ1) is 17.5. The summed E-state index contributed by atoms with van der Waals surface area (Å²) in [5.74, 6) is -0.847. The van der Waals surface area contributed by atoms with E-state index in [-0.39, 0.29) is 17.8 Å². The number of rotatable bonds is 3. The lowest BCUT2D eigenvalue weighted by Crippen LogP contribution is -2.53. The van der Waals surface area contributed by atoms with E-state index in [9.17, 15) is 22.4 Å². The van der Waals surface area contributed by atoms with Crippen molar-refractivity contribution >= 4 is 11.7 Å². The number of aromatic nitrogens is 1. The maximum absolute atomic E-state index is 14.1. The standard InChI is InChI=1S/C17H20F4N4O/c18-13-9-11(17(19,20)21)10-22-15(13)24-7-5-23(6-8-24)14-3-4-25(16(14)26)12-1-2-12/h9-10,12,14H,1-8H2.